The van der Waals surface area contributed by atoms with Crippen molar-refractivity contribution in [1.29, 1.82) is 0 Å². The van der Waals surface area contributed by atoms with Crippen molar-refractivity contribution < 1.29 is 13.9 Å². The Morgan fingerprint density at radius 3 is 3.09 bits per heavy atom. The summed E-state index contributed by atoms with van der Waals surface area (Å²) < 4.78 is 9.30. The summed E-state index contributed by atoms with van der Waals surface area (Å²) in [6.07, 6.45) is 1.23. The van der Waals surface area contributed by atoms with Crippen LogP contribution < -0.4 is 5.73 Å². The highest BCUT2D eigenvalue weighted by atomic mass is 16.5. The van der Waals surface area contributed by atoms with Crippen LogP contribution in [0.5, 0.6) is 0 Å². The van der Waals surface area contributed by atoms with Crippen molar-refractivity contribution in [2.75, 3.05) is 12.3 Å². The molecule has 0 aliphatic rings. The van der Waals surface area contributed by atoms with Crippen LogP contribution in [0.2, 0.25) is 0 Å². The monoisotopic (exact) mass is 156 g/mol. The molecule has 0 aliphatic heterocycles. The normalized spacial score (nSPS) is 9.55. The van der Waals surface area contributed by atoms with E-state index in [1.807, 2.05) is 0 Å². The third-order valence-corrected chi connectivity index (χ3v) is 1.00. The lowest BCUT2D eigenvalue weighted by Crippen LogP contribution is -2.02. The van der Waals surface area contributed by atoms with E-state index in [0.717, 1.165) is 0 Å². The number of anilines is 1. The predicted octanol–water partition coefficient (Wildman–Crippen LogP) is 0.434. The summed E-state index contributed by atoms with van der Waals surface area (Å²) in [6.45, 7) is 2.01. The van der Waals surface area contributed by atoms with Crippen LogP contribution in [0.25, 0.3) is 0 Å². The maximum absolute atomic E-state index is 10.8. The Hall–Kier alpha value is -1.52. The van der Waals surface area contributed by atoms with E-state index in [-0.39, 0.29) is 11.8 Å². The number of hydrogen-bond donors (Lipinski definition) is 1. The minimum atomic E-state index is -0.545. The van der Waals surface area contributed by atoms with Gasteiger partial charge in [-0.05, 0) is 6.92 Å². The highest BCUT2D eigenvalue weighted by Crippen LogP contribution is 2.05. The van der Waals surface area contributed by atoms with Crippen LogP contribution in [0.1, 0.15) is 17.5 Å². The molecule has 1 aromatic heterocycles. The molecule has 0 atom stereocenters. The highest BCUT2D eigenvalue weighted by Gasteiger charge is 2.11. The van der Waals surface area contributed by atoms with E-state index in [1.165, 1.54) is 6.20 Å². The Morgan fingerprint density at radius 2 is 2.64 bits per heavy atom. The number of nitrogen functional groups attached to an aromatic ring is 1. The Balaban J connectivity index is 2.69. The highest BCUT2D eigenvalue weighted by molar-refractivity contribution is 5.86. The summed E-state index contributed by atoms with van der Waals surface area (Å²) in [4.78, 5) is 14.4. The fraction of sp³-hybridized carbons (Fsp3) is 0.333. The number of carbonyl (C=O) groups is 1. The first kappa shape index (κ1) is 7.59. The van der Waals surface area contributed by atoms with Gasteiger partial charge in [0.1, 0.15) is 0 Å². The van der Waals surface area contributed by atoms with Crippen molar-refractivity contribution in [1.82, 2.24) is 4.98 Å². The lowest BCUT2D eigenvalue weighted by molar-refractivity contribution is 0.0491. The van der Waals surface area contributed by atoms with Crippen LogP contribution in [-0.4, -0.2) is 17.6 Å². The molecular weight excluding hydrogens is 148 g/mol. The van der Waals surface area contributed by atoms with Crippen molar-refractivity contribution in [3.8, 4) is 0 Å². The third-order valence-electron chi connectivity index (χ3n) is 1.00. The minimum Gasteiger partial charge on any atom is -0.460 e. The lowest BCUT2D eigenvalue weighted by atomic mass is 10.5. The average molecular weight is 156 g/mol. The fourth-order valence-corrected chi connectivity index (χ4v) is 0.584. The van der Waals surface area contributed by atoms with Gasteiger partial charge in [-0.2, -0.15) is 0 Å². The van der Waals surface area contributed by atoms with E-state index in [0.29, 0.717) is 6.61 Å². The van der Waals surface area contributed by atoms with Gasteiger partial charge in [-0.3, -0.25) is 0 Å². The van der Waals surface area contributed by atoms with E-state index in [4.69, 9.17) is 5.73 Å². The summed E-state index contributed by atoms with van der Waals surface area (Å²) in [7, 11) is 0. The second kappa shape index (κ2) is 3.05. The number of hydrogen-bond acceptors (Lipinski definition) is 5. The largest absolute Gasteiger partial charge is 0.460 e. The van der Waals surface area contributed by atoms with Gasteiger partial charge in [0.25, 0.3) is 6.01 Å². The maximum Gasteiger partial charge on any atom is 0.376 e. The Morgan fingerprint density at radius 1 is 1.91 bits per heavy atom. The van der Waals surface area contributed by atoms with E-state index in [9.17, 15) is 4.79 Å². The molecule has 0 radical (unpaired) electrons. The van der Waals surface area contributed by atoms with Crippen molar-refractivity contribution in [3.63, 3.8) is 0 Å². The summed E-state index contributed by atoms with van der Waals surface area (Å²) >= 11 is 0. The first-order chi connectivity index (χ1) is 5.24. The first-order valence-corrected chi connectivity index (χ1v) is 3.12. The zero-order valence-electron chi connectivity index (χ0n) is 6.03. The smallest absolute Gasteiger partial charge is 0.376 e. The number of ether oxygens (including phenoxy) is 1. The lowest BCUT2D eigenvalue weighted by Gasteiger charge is -1.94. The van der Waals surface area contributed by atoms with E-state index in [2.05, 4.69) is 14.1 Å². The molecule has 1 heterocycles. The average Bonchev–Trinajstić information content (AvgIpc) is 2.36. The summed E-state index contributed by atoms with van der Waals surface area (Å²) in [5, 5.41) is 0. The Labute approximate surface area is 63.2 Å². The maximum atomic E-state index is 10.8. The quantitative estimate of drug-likeness (QED) is 0.628. The van der Waals surface area contributed by atoms with Crippen LogP contribution in [0, 0.1) is 0 Å². The molecule has 0 aliphatic carbocycles. The number of nitrogens with two attached hydrogens (primary N) is 1. The zero-order chi connectivity index (χ0) is 8.27. The van der Waals surface area contributed by atoms with Gasteiger partial charge >= 0.3 is 5.97 Å². The van der Waals surface area contributed by atoms with Gasteiger partial charge in [0.15, 0.2) is 0 Å². The molecule has 0 saturated carbocycles. The predicted molar refractivity (Wildman–Crippen MR) is 36.9 cm³/mol. The van der Waals surface area contributed by atoms with E-state index < -0.39 is 5.97 Å². The van der Waals surface area contributed by atoms with Gasteiger partial charge in [0, 0.05) is 0 Å². The molecular formula is C6H8N2O3. The van der Waals surface area contributed by atoms with Crippen LogP contribution in [-0.2, 0) is 4.74 Å². The number of aromatic nitrogens is 1. The van der Waals surface area contributed by atoms with Crippen molar-refractivity contribution in [2.24, 2.45) is 0 Å². The molecule has 2 N–H and O–H groups in total. The number of nitrogens with zero attached hydrogens (tertiary/aromatic N) is 1. The molecule has 0 amide bonds. The Bertz CT molecular complexity index is 256. The second-order valence-corrected chi connectivity index (χ2v) is 1.78. The summed E-state index contributed by atoms with van der Waals surface area (Å²) in [5.74, 6) is -0.513. The van der Waals surface area contributed by atoms with Crippen LogP contribution >= 0.6 is 0 Å². The number of esters is 1. The number of oxazole rings is 1. The molecule has 60 valence electrons. The van der Waals surface area contributed by atoms with Crippen LogP contribution in [0.3, 0.4) is 0 Å². The minimum absolute atomic E-state index is 0.0318. The van der Waals surface area contributed by atoms with Crippen LogP contribution in [0.15, 0.2) is 10.6 Å². The molecule has 0 spiro atoms. The van der Waals surface area contributed by atoms with E-state index >= 15 is 0 Å². The first-order valence-electron chi connectivity index (χ1n) is 3.12. The fourth-order valence-electron chi connectivity index (χ4n) is 0.584. The topological polar surface area (TPSA) is 78.3 Å². The number of rotatable bonds is 2. The standard InChI is InChI=1S/C6H8N2O3/c1-2-10-5(9)4-3-8-6(7)11-4/h3H,2H2,1H3,(H2,7,8). The molecule has 0 fully saturated rings. The molecule has 0 bridgehead atoms. The molecule has 5 heteroatoms. The van der Waals surface area contributed by atoms with E-state index in [1.54, 1.807) is 6.92 Å². The van der Waals surface area contributed by atoms with Gasteiger partial charge in [-0.1, -0.05) is 0 Å². The zero-order valence-corrected chi connectivity index (χ0v) is 6.03. The van der Waals surface area contributed by atoms with Gasteiger partial charge in [0.05, 0.1) is 12.8 Å². The molecule has 0 aromatic carbocycles. The van der Waals surface area contributed by atoms with Crippen molar-refractivity contribution in [2.45, 2.75) is 6.92 Å². The summed E-state index contributed by atoms with van der Waals surface area (Å²) in [6, 6.07) is -0.0342. The van der Waals surface area contributed by atoms with Crippen LogP contribution in [0.4, 0.5) is 6.01 Å². The van der Waals surface area contributed by atoms with Crippen molar-refractivity contribution >= 4 is 12.0 Å². The third kappa shape index (κ3) is 1.70. The molecule has 0 saturated heterocycles. The Kier molecular flexibility index (Phi) is 2.10. The summed E-state index contributed by atoms with van der Waals surface area (Å²) in [5.41, 5.74) is 5.13. The molecule has 0 unspecified atom stereocenters. The number of carbonyl (C=O) groups excluding carboxylic acids is 1. The van der Waals surface area contributed by atoms with Crippen molar-refractivity contribution in [3.05, 3.63) is 12.0 Å². The SMILES string of the molecule is CCOC(=O)c1cnc(N)o1. The second-order valence-electron chi connectivity index (χ2n) is 1.78. The molecule has 1 aromatic rings. The molecule has 1 rings (SSSR count). The van der Waals surface area contributed by atoms with Gasteiger partial charge in [-0.25, -0.2) is 9.78 Å². The van der Waals surface area contributed by atoms with Gasteiger partial charge in [-0.15, -0.1) is 0 Å². The molecule has 5 nitrogen and oxygen atoms in total. The van der Waals surface area contributed by atoms with Gasteiger partial charge < -0.3 is 14.9 Å². The molecule has 11 heavy (non-hydrogen) atoms. The van der Waals surface area contributed by atoms with Gasteiger partial charge in [0.2, 0.25) is 5.76 Å².